The van der Waals surface area contributed by atoms with Gasteiger partial charge in [-0.2, -0.15) is 0 Å². The SMILES string of the molecule is CC1=C2CC=C(CO[C@@H]3O[C@H](CO)[C@@H](O)[C@H](O)[C@H]3O)[C@@H]2[C@H]2OC(=O)[C@H](C)[C@@H]2[C@@H](O)C1. The van der Waals surface area contributed by atoms with Crippen molar-refractivity contribution >= 4 is 5.97 Å². The smallest absolute Gasteiger partial charge is 0.309 e. The van der Waals surface area contributed by atoms with Gasteiger partial charge in [0.1, 0.15) is 30.5 Å². The number of rotatable bonds is 4. The van der Waals surface area contributed by atoms with Gasteiger partial charge < -0.3 is 39.7 Å². The summed E-state index contributed by atoms with van der Waals surface area (Å²) in [5.74, 6) is -1.25. The molecular formula is C21H30O9. The summed E-state index contributed by atoms with van der Waals surface area (Å²) in [5.41, 5.74) is 3.03. The van der Waals surface area contributed by atoms with Crippen LogP contribution in [0.15, 0.2) is 22.8 Å². The van der Waals surface area contributed by atoms with Gasteiger partial charge in [0.15, 0.2) is 6.29 Å². The standard InChI is InChI=1S/C21H30O9/c1-8-5-12(23)14-9(2)20(27)30-19(14)15-10(3-4-11(8)15)7-28-21-18(26)17(25)16(24)13(6-22)29-21/h3,9,12-19,21-26H,4-7H2,1-2H3/t9-,12+,13-,14-,15+,16-,17+,18-,19+,21-/m1/s1. The van der Waals surface area contributed by atoms with Gasteiger partial charge in [-0.3, -0.25) is 4.79 Å². The topological polar surface area (TPSA) is 146 Å². The summed E-state index contributed by atoms with van der Waals surface area (Å²) < 4.78 is 16.8. The second-order valence-corrected chi connectivity index (χ2v) is 8.81. The van der Waals surface area contributed by atoms with Gasteiger partial charge in [-0.1, -0.05) is 24.1 Å². The predicted octanol–water partition coefficient (Wildman–Crippen LogP) is -0.992. The van der Waals surface area contributed by atoms with E-state index in [1.54, 1.807) is 6.92 Å². The van der Waals surface area contributed by atoms with E-state index < -0.39 is 55.4 Å². The molecule has 9 heteroatoms. The van der Waals surface area contributed by atoms with Crippen LogP contribution in [0.5, 0.6) is 0 Å². The Morgan fingerprint density at radius 1 is 1.17 bits per heavy atom. The minimum Gasteiger partial charge on any atom is -0.461 e. The molecule has 9 nitrogen and oxygen atoms in total. The number of aliphatic hydroxyl groups is 5. The fourth-order valence-corrected chi connectivity index (χ4v) is 5.28. The Balaban J connectivity index is 1.52. The van der Waals surface area contributed by atoms with Crippen molar-refractivity contribution in [2.24, 2.45) is 17.8 Å². The Hall–Kier alpha value is -1.33. The lowest BCUT2D eigenvalue weighted by Gasteiger charge is -2.39. The van der Waals surface area contributed by atoms with Crippen LogP contribution in [-0.4, -0.2) is 87.6 Å². The van der Waals surface area contributed by atoms with Crippen LogP contribution in [0.25, 0.3) is 0 Å². The first kappa shape index (κ1) is 21.9. The van der Waals surface area contributed by atoms with E-state index >= 15 is 0 Å². The number of hydrogen-bond donors (Lipinski definition) is 5. The molecule has 0 aromatic carbocycles. The van der Waals surface area contributed by atoms with Crippen LogP contribution in [-0.2, 0) is 19.0 Å². The molecular weight excluding hydrogens is 396 g/mol. The molecule has 0 bridgehead atoms. The maximum atomic E-state index is 12.2. The summed E-state index contributed by atoms with van der Waals surface area (Å²) in [7, 11) is 0. The molecule has 2 aliphatic heterocycles. The van der Waals surface area contributed by atoms with Crippen molar-refractivity contribution in [2.75, 3.05) is 13.2 Å². The lowest BCUT2D eigenvalue weighted by atomic mass is 9.79. The minimum absolute atomic E-state index is 0.0510. The molecule has 0 spiro atoms. The number of carbonyl (C=O) groups excluding carboxylic acids is 1. The molecule has 10 atom stereocenters. The van der Waals surface area contributed by atoms with E-state index in [-0.39, 0.29) is 24.4 Å². The lowest BCUT2D eigenvalue weighted by Crippen LogP contribution is -2.59. The second-order valence-electron chi connectivity index (χ2n) is 8.81. The van der Waals surface area contributed by atoms with Gasteiger partial charge in [-0.25, -0.2) is 0 Å². The highest BCUT2D eigenvalue weighted by atomic mass is 16.7. The van der Waals surface area contributed by atoms with E-state index in [4.69, 9.17) is 14.2 Å². The summed E-state index contributed by atoms with van der Waals surface area (Å²) in [6.07, 6.45) is -4.71. The molecule has 4 rings (SSSR count). The van der Waals surface area contributed by atoms with Crippen LogP contribution in [0.4, 0.5) is 0 Å². The maximum absolute atomic E-state index is 12.2. The van der Waals surface area contributed by atoms with Crippen LogP contribution in [0.3, 0.4) is 0 Å². The van der Waals surface area contributed by atoms with E-state index in [0.29, 0.717) is 12.8 Å². The third kappa shape index (κ3) is 3.52. The van der Waals surface area contributed by atoms with E-state index in [9.17, 15) is 30.3 Å². The van der Waals surface area contributed by atoms with E-state index in [2.05, 4.69) is 0 Å². The fourth-order valence-electron chi connectivity index (χ4n) is 5.28. The molecule has 5 N–H and O–H groups in total. The summed E-state index contributed by atoms with van der Waals surface area (Å²) >= 11 is 0. The van der Waals surface area contributed by atoms with Crippen LogP contribution in [0.2, 0.25) is 0 Å². The van der Waals surface area contributed by atoms with Crippen molar-refractivity contribution in [3.8, 4) is 0 Å². The largest absolute Gasteiger partial charge is 0.461 e. The van der Waals surface area contributed by atoms with Crippen molar-refractivity contribution in [2.45, 2.75) is 69.6 Å². The number of esters is 1. The van der Waals surface area contributed by atoms with Crippen LogP contribution < -0.4 is 0 Å². The fraction of sp³-hybridized carbons (Fsp3) is 0.762. The first-order valence-electron chi connectivity index (χ1n) is 10.4. The van der Waals surface area contributed by atoms with E-state index in [1.165, 1.54) is 0 Å². The highest BCUT2D eigenvalue weighted by Gasteiger charge is 2.53. The van der Waals surface area contributed by atoms with E-state index in [1.807, 2.05) is 13.0 Å². The van der Waals surface area contributed by atoms with Crippen molar-refractivity contribution in [1.82, 2.24) is 0 Å². The van der Waals surface area contributed by atoms with Crippen LogP contribution in [0, 0.1) is 17.8 Å². The molecule has 168 valence electrons. The normalized spacial score (nSPS) is 46.2. The quantitative estimate of drug-likeness (QED) is 0.282. The summed E-state index contributed by atoms with van der Waals surface area (Å²) in [4.78, 5) is 12.2. The first-order valence-corrected chi connectivity index (χ1v) is 10.4. The molecule has 0 amide bonds. The Labute approximate surface area is 174 Å². The molecule has 0 aromatic heterocycles. The average Bonchev–Trinajstić information content (AvgIpc) is 3.23. The number of aliphatic hydroxyl groups excluding tert-OH is 5. The van der Waals surface area contributed by atoms with E-state index in [0.717, 1.165) is 16.7 Å². The molecule has 4 aliphatic rings. The molecule has 2 aliphatic carbocycles. The zero-order valence-electron chi connectivity index (χ0n) is 17.0. The first-order chi connectivity index (χ1) is 14.2. The zero-order valence-corrected chi connectivity index (χ0v) is 17.0. The molecule has 0 saturated carbocycles. The molecule has 2 saturated heterocycles. The predicted molar refractivity (Wildman–Crippen MR) is 102 cm³/mol. The molecule has 30 heavy (non-hydrogen) atoms. The van der Waals surface area contributed by atoms with Gasteiger partial charge in [0.05, 0.1) is 25.2 Å². The Morgan fingerprint density at radius 2 is 1.90 bits per heavy atom. The van der Waals surface area contributed by atoms with Crippen molar-refractivity contribution in [3.63, 3.8) is 0 Å². The number of allylic oxidation sites excluding steroid dienone is 1. The zero-order chi connectivity index (χ0) is 21.7. The lowest BCUT2D eigenvalue weighted by molar-refractivity contribution is -0.299. The van der Waals surface area contributed by atoms with Gasteiger partial charge in [-0.05, 0) is 25.3 Å². The van der Waals surface area contributed by atoms with Gasteiger partial charge >= 0.3 is 5.97 Å². The number of fused-ring (bicyclic) bond motifs is 3. The average molecular weight is 426 g/mol. The van der Waals surface area contributed by atoms with Crippen LogP contribution in [0.1, 0.15) is 26.7 Å². The highest BCUT2D eigenvalue weighted by Crippen LogP contribution is 2.49. The van der Waals surface area contributed by atoms with Crippen LogP contribution >= 0.6 is 0 Å². The number of carbonyl (C=O) groups is 1. The molecule has 0 unspecified atom stereocenters. The minimum atomic E-state index is -1.51. The second kappa shape index (κ2) is 8.31. The van der Waals surface area contributed by atoms with Gasteiger partial charge in [-0.15, -0.1) is 0 Å². The van der Waals surface area contributed by atoms with Crippen molar-refractivity contribution in [1.29, 1.82) is 0 Å². The van der Waals surface area contributed by atoms with Crippen molar-refractivity contribution < 1.29 is 44.5 Å². The Bertz CT molecular complexity index is 745. The highest BCUT2D eigenvalue weighted by molar-refractivity contribution is 5.75. The molecule has 0 aromatic rings. The molecule has 0 radical (unpaired) electrons. The number of ether oxygens (including phenoxy) is 3. The summed E-state index contributed by atoms with van der Waals surface area (Å²) in [5, 5.41) is 50.1. The molecule has 2 fully saturated rings. The van der Waals surface area contributed by atoms with Gasteiger partial charge in [0.25, 0.3) is 0 Å². The number of hydrogen-bond acceptors (Lipinski definition) is 9. The summed E-state index contributed by atoms with van der Waals surface area (Å²) in [6, 6.07) is 0. The third-order valence-corrected chi connectivity index (χ3v) is 7.04. The Kier molecular flexibility index (Phi) is 6.06. The Morgan fingerprint density at radius 3 is 2.60 bits per heavy atom. The van der Waals surface area contributed by atoms with Gasteiger partial charge in [0, 0.05) is 11.8 Å². The van der Waals surface area contributed by atoms with Gasteiger partial charge in [0.2, 0.25) is 0 Å². The monoisotopic (exact) mass is 426 g/mol. The summed E-state index contributed by atoms with van der Waals surface area (Å²) in [6.45, 7) is 3.28. The molecule has 2 heterocycles. The van der Waals surface area contributed by atoms with Crippen molar-refractivity contribution in [3.05, 3.63) is 22.8 Å². The third-order valence-electron chi connectivity index (χ3n) is 7.04. The maximum Gasteiger partial charge on any atom is 0.309 e.